The van der Waals surface area contributed by atoms with E-state index in [0.717, 1.165) is 28.8 Å². The number of oxazole rings is 1. The molecule has 4 rings (SSSR count). The maximum absolute atomic E-state index is 12.9. The van der Waals surface area contributed by atoms with E-state index in [9.17, 15) is 4.79 Å². The molecule has 0 bridgehead atoms. The Kier molecular flexibility index (Phi) is 5.65. The van der Waals surface area contributed by atoms with Gasteiger partial charge in [-0.1, -0.05) is 44.2 Å². The number of benzene rings is 2. The number of carbonyl (C=O) groups is 1. The van der Waals surface area contributed by atoms with Gasteiger partial charge in [-0.3, -0.25) is 4.79 Å². The van der Waals surface area contributed by atoms with Gasteiger partial charge < -0.3 is 14.7 Å². The molecule has 154 valence electrons. The van der Waals surface area contributed by atoms with Crippen LogP contribution >= 0.6 is 0 Å². The van der Waals surface area contributed by atoms with Gasteiger partial charge in [-0.2, -0.15) is 0 Å². The Morgan fingerprint density at radius 2 is 1.80 bits per heavy atom. The first-order valence-corrected chi connectivity index (χ1v) is 10.3. The van der Waals surface area contributed by atoms with Crippen LogP contribution in [-0.2, 0) is 11.2 Å². The van der Waals surface area contributed by atoms with E-state index in [-0.39, 0.29) is 18.4 Å². The van der Waals surface area contributed by atoms with Crippen molar-refractivity contribution >= 4 is 16.9 Å². The number of aromatic amines is 1. The van der Waals surface area contributed by atoms with Gasteiger partial charge in [-0.15, -0.1) is 0 Å². The lowest BCUT2D eigenvalue weighted by atomic mass is 10.0. The Bertz CT molecular complexity index is 1110. The van der Waals surface area contributed by atoms with Crippen LogP contribution in [0, 0.1) is 12.8 Å². The third kappa shape index (κ3) is 4.43. The normalized spacial score (nSPS) is 12.4. The average Bonchev–Trinajstić information content (AvgIpc) is 3.31. The molecule has 2 N–H and O–H groups in total. The summed E-state index contributed by atoms with van der Waals surface area (Å²) in [5.41, 5.74) is 3.41. The summed E-state index contributed by atoms with van der Waals surface area (Å²) in [7, 11) is 0. The molecule has 0 aliphatic carbocycles. The molecule has 4 aromatic rings. The first kappa shape index (κ1) is 19.9. The van der Waals surface area contributed by atoms with E-state index >= 15 is 0 Å². The lowest BCUT2D eigenvalue weighted by molar-refractivity contribution is -0.121. The molecule has 2 heterocycles. The summed E-state index contributed by atoms with van der Waals surface area (Å²) in [6.45, 7) is 6.11. The molecule has 1 atom stereocenters. The van der Waals surface area contributed by atoms with Crippen molar-refractivity contribution in [2.24, 2.45) is 5.92 Å². The molecule has 30 heavy (non-hydrogen) atoms. The summed E-state index contributed by atoms with van der Waals surface area (Å²) in [5.74, 6) is 2.28. The fourth-order valence-corrected chi connectivity index (χ4v) is 3.54. The van der Waals surface area contributed by atoms with Crippen LogP contribution in [0.15, 0.2) is 59.0 Å². The minimum Gasteiger partial charge on any atom is -0.441 e. The summed E-state index contributed by atoms with van der Waals surface area (Å²) in [5, 5.41) is 3.14. The zero-order valence-corrected chi connectivity index (χ0v) is 17.5. The SMILES string of the molecule is Cc1oc(-c2ccccc2)nc1CC(=O)N[C@H](CC(C)C)c1nc2ccccc2[nH]1. The molecule has 2 aromatic heterocycles. The standard InChI is InChI=1S/C24H26N4O2/c1-15(2)13-21(23-26-18-11-7-8-12-19(18)27-23)25-22(29)14-20-16(3)30-24(28-20)17-9-5-4-6-10-17/h4-12,15,21H,13-14H2,1-3H3,(H,25,29)(H,26,27)/t21-/m1/s1. The third-order valence-electron chi connectivity index (χ3n) is 5.02. The van der Waals surface area contributed by atoms with Gasteiger partial charge in [0.1, 0.15) is 11.6 Å². The Hall–Kier alpha value is -3.41. The molecule has 0 saturated heterocycles. The number of fused-ring (bicyclic) bond motifs is 1. The lowest BCUT2D eigenvalue weighted by Crippen LogP contribution is -2.31. The predicted molar refractivity (Wildman–Crippen MR) is 117 cm³/mol. The topological polar surface area (TPSA) is 83.8 Å². The van der Waals surface area contributed by atoms with Crippen LogP contribution in [0.3, 0.4) is 0 Å². The van der Waals surface area contributed by atoms with Crippen LogP contribution in [0.25, 0.3) is 22.5 Å². The fraction of sp³-hybridized carbons (Fsp3) is 0.292. The molecule has 1 amide bonds. The number of H-pyrrole nitrogens is 1. The van der Waals surface area contributed by atoms with E-state index in [0.29, 0.717) is 23.3 Å². The van der Waals surface area contributed by atoms with Crippen molar-refractivity contribution in [3.63, 3.8) is 0 Å². The highest BCUT2D eigenvalue weighted by molar-refractivity contribution is 5.79. The van der Waals surface area contributed by atoms with Gasteiger partial charge >= 0.3 is 0 Å². The van der Waals surface area contributed by atoms with E-state index in [1.165, 1.54) is 0 Å². The van der Waals surface area contributed by atoms with Crippen molar-refractivity contribution in [3.05, 3.63) is 71.9 Å². The van der Waals surface area contributed by atoms with E-state index in [1.807, 2.05) is 61.5 Å². The van der Waals surface area contributed by atoms with E-state index in [2.05, 4.69) is 34.1 Å². The first-order valence-electron chi connectivity index (χ1n) is 10.3. The largest absolute Gasteiger partial charge is 0.441 e. The second-order valence-electron chi connectivity index (χ2n) is 7.95. The molecule has 0 saturated carbocycles. The number of aryl methyl sites for hydroxylation is 1. The van der Waals surface area contributed by atoms with E-state index < -0.39 is 0 Å². The molecule has 0 aliphatic heterocycles. The predicted octanol–water partition coefficient (Wildman–Crippen LogP) is 4.97. The molecule has 0 unspecified atom stereocenters. The van der Waals surface area contributed by atoms with Crippen molar-refractivity contribution in [3.8, 4) is 11.5 Å². The Morgan fingerprint density at radius 3 is 2.53 bits per heavy atom. The number of nitrogens with one attached hydrogen (secondary N) is 2. The van der Waals surface area contributed by atoms with Crippen molar-refractivity contribution in [1.29, 1.82) is 0 Å². The zero-order chi connectivity index (χ0) is 21.1. The van der Waals surface area contributed by atoms with Crippen LogP contribution in [0.4, 0.5) is 0 Å². The van der Waals surface area contributed by atoms with Crippen molar-refractivity contribution < 1.29 is 9.21 Å². The fourth-order valence-electron chi connectivity index (χ4n) is 3.54. The van der Waals surface area contributed by atoms with Gasteiger partial charge in [0, 0.05) is 5.56 Å². The van der Waals surface area contributed by atoms with Crippen molar-refractivity contribution in [1.82, 2.24) is 20.3 Å². The second-order valence-corrected chi connectivity index (χ2v) is 7.95. The summed E-state index contributed by atoms with van der Waals surface area (Å²) in [6.07, 6.45) is 0.954. The van der Waals surface area contributed by atoms with Gasteiger partial charge in [0.05, 0.1) is 29.2 Å². The lowest BCUT2D eigenvalue weighted by Gasteiger charge is -2.18. The van der Waals surface area contributed by atoms with Crippen LogP contribution < -0.4 is 5.32 Å². The maximum Gasteiger partial charge on any atom is 0.226 e. The number of imidazole rings is 1. The van der Waals surface area contributed by atoms with Crippen molar-refractivity contribution in [2.75, 3.05) is 0 Å². The molecule has 0 aliphatic rings. The summed E-state index contributed by atoms with van der Waals surface area (Å²) < 4.78 is 5.79. The van der Waals surface area contributed by atoms with Crippen molar-refractivity contribution in [2.45, 2.75) is 39.7 Å². The minimum atomic E-state index is -0.189. The van der Waals surface area contributed by atoms with Crippen LogP contribution in [0.2, 0.25) is 0 Å². The van der Waals surface area contributed by atoms with Gasteiger partial charge in [0.25, 0.3) is 0 Å². The van der Waals surface area contributed by atoms with E-state index in [1.54, 1.807) is 0 Å². The molecule has 0 radical (unpaired) electrons. The molecular weight excluding hydrogens is 376 g/mol. The highest BCUT2D eigenvalue weighted by atomic mass is 16.4. The van der Waals surface area contributed by atoms with Gasteiger partial charge in [0.2, 0.25) is 11.8 Å². The quantitative estimate of drug-likeness (QED) is 0.457. The smallest absolute Gasteiger partial charge is 0.226 e. The Balaban J connectivity index is 1.51. The number of nitrogens with zero attached hydrogens (tertiary/aromatic N) is 2. The monoisotopic (exact) mass is 402 g/mol. The van der Waals surface area contributed by atoms with Gasteiger partial charge in [-0.25, -0.2) is 9.97 Å². The maximum atomic E-state index is 12.9. The molecular formula is C24H26N4O2. The van der Waals surface area contributed by atoms with E-state index in [4.69, 9.17) is 4.42 Å². The molecule has 0 fully saturated rings. The Labute approximate surface area is 175 Å². The van der Waals surface area contributed by atoms with Crippen LogP contribution in [-0.4, -0.2) is 20.9 Å². The number of hydrogen-bond acceptors (Lipinski definition) is 4. The molecule has 6 heteroatoms. The van der Waals surface area contributed by atoms with Crippen LogP contribution in [0.5, 0.6) is 0 Å². The zero-order valence-electron chi connectivity index (χ0n) is 17.5. The third-order valence-corrected chi connectivity index (χ3v) is 5.02. The average molecular weight is 402 g/mol. The van der Waals surface area contributed by atoms with Gasteiger partial charge in [-0.05, 0) is 43.5 Å². The molecule has 6 nitrogen and oxygen atoms in total. The second kappa shape index (κ2) is 8.53. The summed E-state index contributed by atoms with van der Waals surface area (Å²) in [4.78, 5) is 25.4. The number of amides is 1. The first-order chi connectivity index (χ1) is 14.5. The number of hydrogen-bond donors (Lipinski definition) is 2. The minimum absolute atomic E-state index is 0.0999. The summed E-state index contributed by atoms with van der Waals surface area (Å²) in [6, 6.07) is 17.4. The molecule has 2 aromatic carbocycles. The summed E-state index contributed by atoms with van der Waals surface area (Å²) >= 11 is 0. The number of para-hydroxylation sites is 2. The highest BCUT2D eigenvalue weighted by Crippen LogP contribution is 2.24. The highest BCUT2D eigenvalue weighted by Gasteiger charge is 2.21. The number of carbonyl (C=O) groups excluding carboxylic acids is 1. The number of aromatic nitrogens is 3. The Morgan fingerprint density at radius 1 is 1.07 bits per heavy atom. The molecule has 0 spiro atoms. The van der Waals surface area contributed by atoms with Crippen LogP contribution in [0.1, 0.15) is 43.6 Å². The van der Waals surface area contributed by atoms with Gasteiger partial charge in [0.15, 0.2) is 0 Å². The number of rotatable bonds is 7.